The van der Waals surface area contributed by atoms with Crippen LogP contribution in [-0.4, -0.2) is 29.1 Å². The van der Waals surface area contributed by atoms with Gasteiger partial charge in [0.1, 0.15) is 0 Å². The van der Waals surface area contributed by atoms with Gasteiger partial charge in [0.2, 0.25) is 0 Å². The number of alkyl halides is 9. The summed E-state index contributed by atoms with van der Waals surface area (Å²) < 4.78 is 116. The minimum absolute atomic E-state index is 0.0140. The number of benzene rings is 1. The molecule has 0 radical (unpaired) electrons. The summed E-state index contributed by atoms with van der Waals surface area (Å²) in [4.78, 5) is 0. The summed E-state index contributed by atoms with van der Waals surface area (Å²) in [7, 11) is 0. The van der Waals surface area contributed by atoms with Crippen LogP contribution in [0.25, 0.3) is 0 Å². The van der Waals surface area contributed by atoms with E-state index >= 15 is 0 Å². The van der Waals surface area contributed by atoms with Crippen LogP contribution in [0.15, 0.2) is 24.3 Å². The van der Waals surface area contributed by atoms with Gasteiger partial charge in [0.05, 0.1) is 6.10 Å². The van der Waals surface area contributed by atoms with E-state index in [9.17, 15) is 44.6 Å². The molecule has 1 nitrogen and oxygen atoms in total. The van der Waals surface area contributed by atoms with Crippen LogP contribution in [0, 0.1) is 5.92 Å². The second-order valence-corrected chi connectivity index (χ2v) is 6.37. The van der Waals surface area contributed by atoms with Crippen LogP contribution in [0.4, 0.5) is 39.5 Å². The average Bonchev–Trinajstić information content (AvgIpc) is 2.44. The molecular weight excluding hydrogens is 379 g/mol. The van der Waals surface area contributed by atoms with Crippen molar-refractivity contribution in [2.75, 3.05) is 0 Å². The summed E-state index contributed by atoms with van der Waals surface area (Å²) >= 11 is 0. The van der Waals surface area contributed by atoms with Gasteiger partial charge in [-0.25, -0.2) is 0 Å². The Bertz CT molecular complexity index is 608. The summed E-state index contributed by atoms with van der Waals surface area (Å²) in [6.07, 6.45) is -11.3. The zero-order valence-electron chi connectivity index (χ0n) is 13.7. The number of halogens is 9. The van der Waals surface area contributed by atoms with E-state index in [-0.39, 0.29) is 17.9 Å². The maximum atomic E-state index is 13.7. The van der Waals surface area contributed by atoms with E-state index in [2.05, 4.69) is 0 Å². The number of aliphatic hydroxyl groups excluding tert-OH is 1. The van der Waals surface area contributed by atoms with Crippen LogP contribution in [0.2, 0.25) is 0 Å². The smallest absolute Gasteiger partial charge is 0.388 e. The molecule has 1 rings (SSSR count). The molecular formula is C16H17F9O. The van der Waals surface area contributed by atoms with Crippen molar-refractivity contribution in [3.05, 3.63) is 35.4 Å². The number of rotatable bonds is 7. The first-order valence-corrected chi connectivity index (χ1v) is 7.50. The van der Waals surface area contributed by atoms with Crippen molar-refractivity contribution in [3.8, 4) is 0 Å². The van der Waals surface area contributed by atoms with Gasteiger partial charge in [-0.05, 0) is 23.5 Å². The van der Waals surface area contributed by atoms with E-state index in [0.29, 0.717) is 5.56 Å². The van der Waals surface area contributed by atoms with Crippen molar-refractivity contribution >= 4 is 0 Å². The molecule has 1 N–H and O–H groups in total. The third-order valence-corrected chi connectivity index (χ3v) is 3.70. The first-order chi connectivity index (χ1) is 11.5. The van der Waals surface area contributed by atoms with Crippen molar-refractivity contribution in [2.45, 2.75) is 56.7 Å². The second kappa shape index (κ2) is 7.28. The summed E-state index contributed by atoms with van der Waals surface area (Å²) in [5.74, 6) is -19.5. The summed E-state index contributed by atoms with van der Waals surface area (Å²) in [6, 6.07) is 5.32. The standard InChI is InChI=1S/C16H17F9O/c1-9(2)7-10-5-3-4-6-11(10)12(26)8-13(17,18)14(19,20)15(21,22)16(23,24)25/h3-6,9,12,26H,7-8H2,1-2H3. The molecule has 0 fully saturated rings. The maximum Gasteiger partial charge on any atom is 0.460 e. The molecule has 1 aromatic carbocycles. The highest BCUT2D eigenvalue weighted by Crippen LogP contribution is 2.55. The maximum absolute atomic E-state index is 13.7. The molecule has 1 aromatic rings. The highest BCUT2D eigenvalue weighted by Gasteiger charge is 2.81. The summed E-state index contributed by atoms with van der Waals surface area (Å²) in [5.41, 5.74) is 0.0729. The number of hydrogen-bond acceptors (Lipinski definition) is 1. The Morgan fingerprint density at radius 3 is 1.81 bits per heavy atom. The normalized spacial score (nSPS) is 15.4. The molecule has 0 aliphatic carbocycles. The van der Waals surface area contributed by atoms with Crippen LogP contribution in [0.1, 0.15) is 37.5 Å². The highest BCUT2D eigenvalue weighted by atomic mass is 19.4. The Kier molecular flexibility index (Phi) is 6.33. The Morgan fingerprint density at radius 2 is 1.35 bits per heavy atom. The van der Waals surface area contributed by atoms with Gasteiger partial charge in [0, 0.05) is 6.42 Å². The van der Waals surface area contributed by atoms with Crippen molar-refractivity contribution in [1.82, 2.24) is 0 Å². The van der Waals surface area contributed by atoms with Gasteiger partial charge in [0.15, 0.2) is 0 Å². The minimum atomic E-state index is -6.96. The molecule has 0 spiro atoms. The summed E-state index contributed by atoms with van der Waals surface area (Å²) in [5, 5.41) is 9.84. The van der Waals surface area contributed by atoms with Gasteiger partial charge in [-0.15, -0.1) is 0 Å². The molecule has 0 heterocycles. The lowest BCUT2D eigenvalue weighted by molar-refractivity contribution is -0.398. The number of aliphatic hydroxyl groups is 1. The van der Waals surface area contributed by atoms with E-state index < -0.39 is 36.5 Å². The Balaban J connectivity index is 3.17. The van der Waals surface area contributed by atoms with Crippen molar-refractivity contribution in [3.63, 3.8) is 0 Å². The molecule has 26 heavy (non-hydrogen) atoms. The molecule has 0 saturated heterocycles. The summed E-state index contributed by atoms with van der Waals surface area (Å²) in [6.45, 7) is 3.49. The zero-order valence-corrected chi connectivity index (χ0v) is 13.7. The van der Waals surface area contributed by atoms with Gasteiger partial charge in [-0.3, -0.25) is 0 Å². The number of hydrogen-bond donors (Lipinski definition) is 1. The molecule has 0 bridgehead atoms. The zero-order chi connectivity index (χ0) is 20.6. The fraction of sp³-hybridized carbons (Fsp3) is 0.625. The third-order valence-electron chi connectivity index (χ3n) is 3.70. The minimum Gasteiger partial charge on any atom is -0.388 e. The van der Waals surface area contributed by atoms with Gasteiger partial charge in [-0.2, -0.15) is 39.5 Å². The molecule has 1 atom stereocenters. The molecule has 10 heteroatoms. The quantitative estimate of drug-likeness (QED) is 0.580. The first kappa shape index (κ1) is 22.6. The molecule has 0 aliphatic heterocycles. The lowest BCUT2D eigenvalue weighted by atomic mass is 9.90. The van der Waals surface area contributed by atoms with Gasteiger partial charge >= 0.3 is 23.9 Å². The molecule has 0 amide bonds. The third kappa shape index (κ3) is 4.27. The van der Waals surface area contributed by atoms with Gasteiger partial charge in [-0.1, -0.05) is 38.1 Å². The highest BCUT2D eigenvalue weighted by molar-refractivity contribution is 5.30. The first-order valence-electron chi connectivity index (χ1n) is 7.50. The van der Waals surface area contributed by atoms with E-state index in [1.807, 2.05) is 0 Å². The molecule has 150 valence electrons. The Hall–Kier alpha value is -1.45. The van der Waals surface area contributed by atoms with Crippen LogP contribution in [-0.2, 0) is 6.42 Å². The average molecular weight is 396 g/mol. The van der Waals surface area contributed by atoms with Crippen LogP contribution in [0.3, 0.4) is 0 Å². The topological polar surface area (TPSA) is 20.2 Å². The van der Waals surface area contributed by atoms with E-state index in [4.69, 9.17) is 0 Å². The fourth-order valence-corrected chi connectivity index (χ4v) is 2.37. The fourth-order valence-electron chi connectivity index (χ4n) is 2.37. The molecule has 1 unspecified atom stereocenters. The van der Waals surface area contributed by atoms with Gasteiger partial charge < -0.3 is 5.11 Å². The molecule has 0 saturated carbocycles. The Labute approximate surface area is 143 Å². The predicted octanol–water partition coefficient (Wildman–Crippen LogP) is 5.78. The van der Waals surface area contributed by atoms with Gasteiger partial charge in [0.25, 0.3) is 0 Å². The monoisotopic (exact) mass is 396 g/mol. The van der Waals surface area contributed by atoms with E-state index in [0.717, 1.165) is 6.07 Å². The van der Waals surface area contributed by atoms with Crippen LogP contribution in [0.5, 0.6) is 0 Å². The van der Waals surface area contributed by atoms with Crippen molar-refractivity contribution in [2.24, 2.45) is 5.92 Å². The van der Waals surface area contributed by atoms with Crippen LogP contribution < -0.4 is 0 Å². The van der Waals surface area contributed by atoms with Crippen LogP contribution >= 0.6 is 0 Å². The van der Waals surface area contributed by atoms with Crippen molar-refractivity contribution < 1.29 is 44.6 Å². The molecule has 0 aliphatic rings. The van der Waals surface area contributed by atoms with Crippen molar-refractivity contribution in [1.29, 1.82) is 0 Å². The van der Waals surface area contributed by atoms with E-state index in [1.54, 1.807) is 13.8 Å². The predicted molar refractivity (Wildman–Crippen MR) is 75.5 cm³/mol. The van der Waals surface area contributed by atoms with E-state index in [1.165, 1.54) is 18.2 Å². The molecule has 0 aromatic heterocycles. The second-order valence-electron chi connectivity index (χ2n) is 6.37. The Morgan fingerprint density at radius 1 is 0.846 bits per heavy atom. The largest absolute Gasteiger partial charge is 0.460 e. The lowest BCUT2D eigenvalue weighted by Gasteiger charge is -2.34. The SMILES string of the molecule is CC(C)Cc1ccccc1C(O)CC(F)(F)C(F)(F)C(F)(F)C(F)(F)F. The lowest BCUT2D eigenvalue weighted by Crippen LogP contribution is -2.61.